The van der Waals surface area contributed by atoms with Gasteiger partial charge in [0.25, 0.3) is 5.56 Å². The van der Waals surface area contributed by atoms with E-state index in [1.54, 1.807) is 12.1 Å². The predicted octanol–water partition coefficient (Wildman–Crippen LogP) is 4.23. The minimum atomic E-state index is -3.01. The lowest BCUT2D eigenvalue weighted by molar-refractivity contribution is -0.122. The normalized spacial score (nSPS) is 14.5. The average molecular weight is 544 g/mol. The van der Waals surface area contributed by atoms with Crippen LogP contribution in [-0.4, -0.2) is 64.2 Å². The Morgan fingerprint density at radius 2 is 1.87 bits per heavy atom. The van der Waals surface area contributed by atoms with Gasteiger partial charge in [-0.05, 0) is 64.4 Å². The van der Waals surface area contributed by atoms with E-state index in [-0.39, 0.29) is 41.1 Å². The Balaban J connectivity index is 1.60. The summed E-state index contributed by atoms with van der Waals surface area (Å²) in [6.07, 6.45) is 7.40. The second kappa shape index (κ2) is 13.5. The van der Waals surface area contributed by atoms with Crippen LogP contribution in [0.1, 0.15) is 46.0 Å². The van der Waals surface area contributed by atoms with Crippen LogP contribution >= 0.6 is 0 Å². The summed E-state index contributed by atoms with van der Waals surface area (Å²) >= 11 is 0. The van der Waals surface area contributed by atoms with Crippen LogP contribution in [0.15, 0.2) is 41.3 Å². The highest BCUT2D eigenvalue weighted by molar-refractivity contribution is 5.80. The Morgan fingerprint density at radius 3 is 2.59 bits per heavy atom. The molecule has 11 heteroatoms. The molecule has 210 valence electrons. The zero-order chi connectivity index (χ0) is 27.8. The number of fused-ring (bicyclic) bond motifs is 1. The molecule has 1 fully saturated rings. The summed E-state index contributed by atoms with van der Waals surface area (Å²) in [6.45, 7) is 3.98. The fraction of sp³-hybridized carbons (Fsp3) is 0.500. The van der Waals surface area contributed by atoms with Crippen molar-refractivity contribution in [3.8, 4) is 22.9 Å². The van der Waals surface area contributed by atoms with Gasteiger partial charge < -0.3 is 19.7 Å². The molecule has 0 saturated carbocycles. The number of likely N-dealkylation sites (tertiary alicyclic amines) is 1. The summed E-state index contributed by atoms with van der Waals surface area (Å²) in [6, 6.07) is 7.28. The molecule has 0 unspecified atom stereocenters. The lowest BCUT2D eigenvalue weighted by atomic mass is 10.2. The van der Waals surface area contributed by atoms with Gasteiger partial charge in [0, 0.05) is 18.2 Å². The van der Waals surface area contributed by atoms with E-state index in [1.165, 1.54) is 54.6 Å². The van der Waals surface area contributed by atoms with Crippen molar-refractivity contribution in [2.75, 3.05) is 26.2 Å². The van der Waals surface area contributed by atoms with Crippen molar-refractivity contribution in [1.82, 2.24) is 24.8 Å². The second-order valence-corrected chi connectivity index (χ2v) is 9.96. The number of amides is 1. The van der Waals surface area contributed by atoms with Crippen LogP contribution < -0.4 is 20.3 Å². The molecule has 1 aromatic carbocycles. The van der Waals surface area contributed by atoms with E-state index < -0.39 is 12.2 Å². The van der Waals surface area contributed by atoms with E-state index >= 15 is 0 Å². The summed E-state index contributed by atoms with van der Waals surface area (Å²) in [5.41, 5.74) is 0.00403. The average Bonchev–Trinajstić information content (AvgIpc) is 3.16. The molecule has 1 amide bonds. The molecule has 4 rings (SSSR count). The number of hydrogen-bond donors (Lipinski definition) is 1. The topological polar surface area (TPSA) is 98.6 Å². The zero-order valence-corrected chi connectivity index (χ0v) is 22.4. The fourth-order valence-corrected chi connectivity index (χ4v) is 4.69. The Hall–Kier alpha value is -3.60. The number of nitrogens with one attached hydrogen (secondary N) is 1. The first kappa shape index (κ1) is 28.4. The van der Waals surface area contributed by atoms with Gasteiger partial charge in [0.05, 0.1) is 18.2 Å². The van der Waals surface area contributed by atoms with Crippen LogP contribution in [0.4, 0.5) is 8.78 Å². The smallest absolute Gasteiger partial charge is 0.387 e. The van der Waals surface area contributed by atoms with Gasteiger partial charge in [-0.1, -0.05) is 25.0 Å². The molecule has 3 aromatic rings. The van der Waals surface area contributed by atoms with E-state index in [2.05, 4.69) is 24.9 Å². The Labute approximate surface area is 226 Å². The molecule has 0 bridgehead atoms. The van der Waals surface area contributed by atoms with Gasteiger partial charge in [-0.2, -0.15) is 8.78 Å². The van der Waals surface area contributed by atoms with Crippen LogP contribution in [0, 0.1) is 0 Å². The maximum Gasteiger partial charge on any atom is 0.387 e. The van der Waals surface area contributed by atoms with Gasteiger partial charge in [-0.25, -0.2) is 9.97 Å². The van der Waals surface area contributed by atoms with Gasteiger partial charge in [0.15, 0.2) is 5.65 Å². The van der Waals surface area contributed by atoms with Crippen LogP contribution in [0.3, 0.4) is 0 Å². The number of hydrogen-bond acceptors (Lipinski definition) is 7. The second-order valence-electron chi connectivity index (χ2n) is 9.96. The number of carbonyl (C=O) groups is 1. The number of alkyl halides is 2. The summed E-state index contributed by atoms with van der Waals surface area (Å²) in [4.78, 5) is 37.6. The Bertz CT molecular complexity index is 1320. The number of benzene rings is 1. The van der Waals surface area contributed by atoms with Gasteiger partial charge in [-0.15, -0.1) is 0 Å². The summed E-state index contributed by atoms with van der Waals surface area (Å²) in [7, 11) is 0. The molecule has 0 atom stereocenters. The zero-order valence-electron chi connectivity index (χ0n) is 22.4. The monoisotopic (exact) mass is 543 g/mol. The van der Waals surface area contributed by atoms with E-state index in [0.717, 1.165) is 26.1 Å². The Kier molecular flexibility index (Phi) is 9.80. The minimum Gasteiger partial charge on any atom is -0.492 e. The maximum absolute atomic E-state index is 13.6. The number of nitrogens with zero attached hydrogens (tertiary/aromatic N) is 4. The molecule has 39 heavy (non-hydrogen) atoms. The summed E-state index contributed by atoms with van der Waals surface area (Å²) in [5, 5.41) is 2.96. The lowest BCUT2D eigenvalue weighted by Gasteiger charge is -2.19. The van der Waals surface area contributed by atoms with Crippen LogP contribution in [0.2, 0.25) is 0 Å². The highest BCUT2D eigenvalue weighted by Crippen LogP contribution is 2.25. The number of aromatic nitrogens is 3. The third kappa shape index (κ3) is 7.95. The number of rotatable bonds is 11. The van der Waals surface area contributed by atoms with E-state index in [9.17, 15) is 18.4 Å². The van der Waals surface area contributed by atoms with Crippen molar-refractivity contribution in [2.24, 2.45) is 0 Å². The molecule has 9 nitrogen and oxygen atoms in total. The lowest BCUT2D eigenvalue weighted by Crippen LogP contribution is -2.37. The standard InChI is InChI=1S/C28H35F2N5O4/c1-19(2)32-24(36)18-35-26(20-9-7-10-21(15-20)39-28(29)30)33-25-23(27(35)37)16-22(17-31-25)38-14-8-13-34-11-5-3-4-6-12-34/h7,9-10,15-17,19,28H,3-6,8,11-14,18H2,1-2H3,(H,32,36). The van der Waals surface area contributed by atoms with Gasteiger partial charge in [-0.3, -0.25) is 14.2 Å². The highest BCUT2D eigenvalue weighted by Gasteiger charge is 2.18. The van der Waals surface area contributed by atoms with Crippen molar-refractivity contribution in [1.29, 1.82) is 0 Å². The predicted molar refractivity (Wildman–Crippen MR) is 144 cm³/mol. The van der Waals surface area contributed by atoms with Crippen molar-refractivity contribution in [3.63, 3.8) is 0 Å². The molecule has 2 aromatic heterocycles. The SMILES string of the molecule is CC(C)NC(=O)Cn1c(-c2cccc(OC(F)F)c2)nc2ncc(OCCCN3CCCCCC3)cc2c1=O. The van der Waals surface area contributed by atoms with Crippen LogP contribution in [0.25, 0.3) is 22.4 Å². The molecule has 1 saturated heterocycles. The molecule has 1 N–H and O–H groups in total. The van der Waals surface area contributed by atoms with E-state index in [4.69, 9.17) is 4.74 Å². The molecule has 3 heterocycles. The summed E-state index contributed by atoms with van der Waals surface area (Å²) in [5.74, 6) is 0.0792. The van der Waals surface area contributed by atoms with E-state index in [1.807, 2.05) is 13.8 Å². The molecule has 0 radical (unpaired) electrons. The number of ether oxygens (including phenoxy) is 2. The number of halogens is 2. The van der Waals surface area contributed by atoms with E-state index in [0.29, 0.717) is 17.9 Å². The first-order valence-electron chi connectivity index (χ1n) is 13.4. The molecule has 0 aliphatic carbocycles. The highest BCUT2D eigenvalue weighted by atomic mass is 19.3. The summed E-state index contributed by atoms with van der Waals surface area (Å²) < 4.78 is 37.2. The minimum absolute atomic E-state index is 0.0908. The first-order valence-corrected chi connectivity index (χ1v) is 13.4. The number of pyridine rings is 1. The maximum atomic E-state index is 13.6. The largest absolute Gasteiger partial charge is 0.492 e. The van der Waals surface area contributed by atoms with Crippen molar-refractivity contribution < 1.29 is 23.0 Å². The van der Waals surface area contributed by atoms with Crippen molar-refractivity contribution >= 4 is 16.9 Å². The van der Waals surface area contributed by atoms with Crippen molar-refractivity contribution in [2.45, 2.75) is 65.1 Å². The Morgan fingerprint density at radius 1 is 1.10 bits per heavy atom. The third-order valence-corrected chi connectivity index (χ3v) is 6.44. The van der Waals surface area contributed by atoms with Gasteiger partial charge in [0.2, 0.25) is 5.91 Å². The molecular formula is C28H35F2N5O4. The molecule has 0 spiro atoms. The molecule has 1 aliphatic heterocycles. The van der Waals surface area contributed by atoms with Crippen LogP contribution in [0.5, 0.6) is 11.5 Å². The van der Waals surface area contributed by atoms with Gasteiger partial charge >= 0.3 is 6.61 Å². The van der Waals surface area contributed by atoms with Gasteiger partial charge in [0.1, 0.15) is 23.9 Å². The first-order chi connectivity index (χ1) is 18.8. The van der Waals surface area contributed by atoms with Crippen LogP contribution in [-0.2, 0) is 11.3 Å². The molecular weight excluding hydrogens is 508 g/mol. The van der Waals surface area contributed by atoms with Crippen molar-refractivity contribution in [3.05, 3.63) is 46.9 Å². The third-order valence-electron chi connectivity index (χ3n) is 6.44. The number of carbonyl (C=O) groups excluding carboxylic acids is 1. The molecule has 1 aliphatic rings. The fourth-order valence-electron chi connectivity index (χ4n) is 4.69. The quantitative estimate of drug-likeness (QED) is 0.362.